The fourth-order valence-electron chi connectivity index (χ4n) is 1.71. The van der Waals surface area contributed by atoms with Gasteiger partial charge in [0, 0.05) is 11.4 Å². The van der Waals surface area contributed by atoms with Gasteiger partial charge in [-0.1, -0.05) is 18.2 Å². The Labute approximate surface area is 114 Å². The van der Waals surface area contributed by atoms with Crippen molar-refractivity contribution < 1.29 is 4.79 Å². The average Bonchev–Trinajstić information content (AvgIpc) is 2.35. The van der Waals surface area contributed by atoms with Crippen LogP contribution in [-0.4, -0.2) is 44.2 Å². The van der Waals surface area contributed by atoms with Crippen LogP contribution in [0.15, 0.2) is 29.2 Å². The van der Waals surface area contributed by atoms with Gasteiger partial charge in [0.25, 0.3) is 0 Å². The summed E-state index contributed by atoms with van der Waals surface area (Å²) >= 11 is 1.68. The predicted octanol–water partition coefficient (Wildman–Crippen LogP) is 2.02. The molecule has 1 aromatic carbocycles. The third-order valence-electron chi connectivity index (χ3n) is 2.65. The molecule has 0 aliphatic heterocycles. The van der Waals surface area contributed by atoms with Gasteiger partial charge < -0.3 is 10.2 Å². The molecule has 0 aliphatic carbocycles. The van der Waals surface area contributed by atoms with E-state index in [1.54, 1.807) is 11.8 Å². The molecule has 0 saturated carbocycles. The van der Waals surface area contributed by atoms with E-state index in [0.29, 0.717) is 6.42 Å². The van der Waals surface area contributed by atoms with Gasteiger partial charge >= 0.3 is 0 Å². The Morgan fingerprint density at radius 2 is 2.06 bits per heavy atom. The lowest BCUT2D eigenvalue weighted by Crippen LogP contribution is -2.28. The molecular weight excluding hydrogens is 244 g/mol. The molecule has 0 bridgehead atoms. The van der Waals surface area contributed by atoms with E-state index in [1.807, 2.05) is 38.6 Å². The Hall–Kier alpha value is -1.00. The molecule has 0 spiro atoms. The fraction of sp³-hybridized carbons (Fsp3) is 0.500. The first kappa shape index (κ1) is 15.1. The Balaban J connectivity index is 2.35. The van der Waals surface area contributed by atoms with Crippen molar-refractivity contribution in [1.29, 1.82) is 0 Å². The first-order valence-corrected chi connectivity index (χ1v) is 7.39. The molecule has 1 amide bonds. The highest BCUT2D eigenvalue weighted by atomic mass is 32.2. The molecule has 0 fully saturated rings. The van der Waals surface area contributed by atoms with Crippen molar-refractivity contribution in [3.63, 3.8) is 0 Å². The third-order valence-corrected chi connectivity index (χ3v) is 3.49. The second-order valence-electron chi connectivity index (χ2n) is 4.50. The molecule has 0 atom stereocenters. The molecule has 1 N–H and O–H groups in total. The van der Waals surface area contributed by atoms with Crippen molar-refractivity contribution in [2.75, 3.05) is 33.4 Å². The molecule has 4 heteroatoms. The second kappa shape index (κ2) is 8.16. The fourth-order valence-corrected chi connectivity index (χ4v) is 2.32. The summed E-state index contributed by atoms with van der Waals surface area (Å²) in [4.78, 5) is 15.1. The monoisotopic (exact) mass is 266 g/mol. The lowest BCUT2D eigenvalue weighted by atomic mass is 10.1. The number of thioether (sulfide) groups is 1. The highest BCUT2D eigenvalue weighted by molar-refractivity contribution is 7.98. The average molecular weight is 266 g/mol. The summed E-state index contributed by atoms with van der Waals surface area (Å²) in [7, 11) is 4.08. The topological polar surface area (TPSA) is 32.3 Å². The maximum absolute atomic E-state index is 11.8. The van der Waals surface area contributed by atoms with E-state index in [0.717, 1.165) is 25.1 Å². The van der Waals surface area contributed by atoms with E-state index in [9.17, 15) is 4.79 Å². The van der Waals surface area contributed by atoms with Crippen molar-refractivity contribution in [3.05, 3.63) is 29.8 Å². The molecule has 0 unspecified atom stereocenters. The standard InChI is InChI=1S/C14H22N2OS/c1-16(2)10-6-9-15-14(17)11-12-7-4-5-8-13(12)18-3/h4-5,7-8H,6,9-11H2,1-3H3,(H,15,17). The van der Waals surface area contributed by atoms with Crippen LogP contribution in [0.3, 0.4) is 0 Å². The molecule has 100 valence electrons. The van der Waals surface area contributed by atoms with E-state index >= 15 is 0 Å². The zero-order valence-corrected chi connectivity index (χ0v) is 12.2. The lowest BCUT2D eigenvalue weighted by molar-refractivity contribution is -0.120. The number of carbonyl (C=O) groups excluding carboxylic acids is 1. The maximum atomic E-state index is 11.8. The van der Waals surface area contributed by atoms with Crippen molar-refractivity contribution in [2.24, 2.45) is 0 Å². The van der Waals surface area contributed by atoms with E-state index in [-0.39, 0.29) is 5.91 Å². The van der Waals surface area contributed by atoms with Crippen LogP contribution in [0.4, 0.5) is 0 Å². The van der Waals surface area contributed by atoms with Gasteiger partial charge in [-0.2, -0.15) is 0 Å². The summed E-state index contributed by atoms with van der Waals surface area (Å²) in [6, 6.07) is 8.06. The molecule has 3 nitrogen and oxygen atoms in total. The van der Waals surface area contributed by atoms with Gasteiger partial charge in [0.1, 0.15) is 0 Å². The van der Waals surface area contributed by atoms with Crippen LogP contribution in [-0.2, 0) is 11.2 Å². The van der Waals surface area contributed by atoms with Gasteiger partial charge in [0.15, 0.2) is 0 Å². The van der Waals surface area contributed by atoms with Crippen LogP contribution in [0.1, 0.15) is 12.0 Å². The molecule has 0 aromatic heterocycles. The zero-order chi connectivity index (χ0) is 13.4. The third kappa shape index (κ3) is 5.56. The lowest BCUT2D eigenvalue weighted by Gasteiger charge is -2.10. The van der Waals surface area contributed by atoms with E-state index < -0.39 is 0 Å². The van der Waals surface area contributed by atoms with E-state index in [2.05, 4.69) is 16.3 Å². The highest BCUT2D eigenvalue weighted by Crippen LogP contribution is 2.19. The van der Waals surface area contributed by atoms with E-state index in [4.69, 9.17) is 0 Å². The Morgan fingerprint density at radius 3 is 2.72 bits per heavy atom. The maximum Gasteiger partial charge on any atom is 0.224 e. The normalized spacial score (nSPS) is 10.7. The summed E-state index contributed by atoms with van der Waals surface area (Å²) in [5.41, 5.74) is 1.11. The summed E-state index contributed by atoms with van der Waals surface area (Å²) in [6.07, 6.45) is 3.50. The molecule has 0 aliphatic rings. The minimum absolute atomic E-state index is 0.107. The van der Waals surface area contributed by atoms with Crippen molar-refractivity contribution >= 4 is 17.7 Å². The smallest absolute Gasteiger partial charge is 0.224 e. The number of nitrogens with zero attached hydrogens (tertiary/aromatic N) is 1. The van der Waals surface area contributed by atoms with Crippen LogP contribution in [0.5, 0.6) is 0 Å². The van der Waals surface area contributed by atoms with Crippen LogP contribution >= 0.6 is 11.8 Å². The van der Waals surface area contributed by atoms with Crippen LogP contribution in [0, 0.1) is 0 Å². The SMILES string of the molecule is CSc1ccccc1CC(=O)NCCCN(C)C. The Morgan fingerprint density at radius 1 is 1.33 bits per heavy atom. The van der Waals surface area contributed by atoms with Crippen molar-refractivity contribution in [3.8, 4) is 0 Å². The largest absolute Gasteiger partial charge is 0.356 e. The number of hydrogen-bond donors (Lipinski definition) is 1. The minimum Gasteiger partial charge on any atom is -0.356 e. The Bertz CT molecular complexity index is 380. The molecule has 0 saturated heterocycles. The number of amides is 1. The van der Waals surface area contributed by atoms with Gasteiger partial charge in [-0.3, -0.25) is 4.79 Å². The molecular formula is C14H22N2OS. The highest BCUT2D eigenvalue weighted by Gasteiger charge is 2.06. The first-order chi connectivity index (χ1) is 8.63. The molecule has 18 heavy (non-hydrogen) atoms. The molecule has 0 heterocycles. The summed E-state index contributed by atoms with van der Waals surface area (Å²) in [6.45, 7) is 1.75. The van der Waals surface area contributed by atoms with Crippen molar-refractivity contribution in [1.82, 2.24) is 10.2 Å². The summed E-state index contributed by atoms with van der Waals surface area (Å²) < 4.78 is 0. The summed E-state index contributed by atoms with van der Waals surface area (Å²) in [5.74, 6) is 0.107. The summed E-state index contributed by atoms with van der Waals surface area (Å²) in [5, 5.41) is 2.96. The number of rotatable bonds is 7. The van der Waals surface area contributed by atoms with E-state index in [1.165, 1.54) is 4.90 Å². The predicted molar refractivity (Wildman–Crippen MR) is 78.1 cm³/mol. The molecule has 0 radical (unpaired) electrons. The number of nitrogens with one attached hydrogen (secondary N) is 1. The van der Waals surface area contributed by atoms with Crippen molar-refractivity contribution in [2.45, 2.75) is 17.7 Å². The van der Waals surface area contributed by atoms with Gasteiger partial charge in [0.2, 0.25) is 5.91 Å². The first-order valence-electron chi connectivity index (χ1n) is 6.17. The van der Waals surface area contributed by atoms with Gasteiger partial charge in [-0.15, -0.1) is 11.8 Å². The quantitative estimate of drug-likeness (QED) is 0.605. The zero-order valence-electron chi connectivity index (χ0n) is 11.4. The molecule has 1 rings (SSSR count). The minimum atomic E-state index is 0.107. The number of carbonyl (C=O) groups is 1. The van der Waals surface area contributed by atoms with Crippen LogP contribution in [0.2, 0.25) is 0 Å². The van der Waals surface area contributed by atoms with Gasteiger partial charge in [0.05, 0.1) is 6.42 Å². The molecule has 1 aromatic rings. The van der Waals surface area contributed by atoms with Gasteiger partial charge in [-0.25, -0.2) is 0 Å². The van der Waals surface area contributed by atoms with Gasteiger partial charge in [-0.05, 0) is 44.9 Å². The number of hydrogen-bond acceptors (Lipinski definition) is 3. The van der Waals surface area contributed by atoms with Crippen LogP contribution < -0.4 is 5.32 Å². The van der Waals surface area contributed by atoms with Crippen LogP contribution in [0.25, 0.3) is 0 Å². The second-order valence-corrected chi connectivity index (χ2v) is 5.34. The Kier molecular flexibility index (Phi) is 6.83. The number of benzene rings is 1.